The van der Waals surface area contributed by atoms with Crippen LogP contribution in [0.1, 0.15) is 19.8 Å². The maximum atomic E-state index is 8.29. The van der Waals surface area contributed by atoms with Gasteiger partial charge in [-0.05, 0) is 12.0 Å². The number of hydrogen-bond donors (Lipinski definition) is 0. The molecule has 0 heterocycles. The lowest BCUT2D eigenvalue weighted by molar-refractivity contribution is 0.716. The monoisotopic (exact) mass is 195 g/mol. The first-order chi connectivity index (χ1) is 5.99. The van der Waals surface area contributed by atoms with Crippen LogP contribution in [-0.4, -0.2) is 14.1 Å². The Balaban J connectivity index is 4.38. The summed E-state index contributed by atoms with van der Waals surface area (Å²) in [7, 11) is -1.32. The van der Waals surface area contributed by atoms with Gasteiger partial charge in [-0.25, -0.2) is 0 Å². The van der Waals surface area contributed by atoms with Crippen LogP contribution in [0.4, 0.5) is 0 Å². The highest BCUT2D eigenvalue weighted by atomic mass is 28.3. The van der Waals surface area contributed by atoms with Gasteiger partial charge >= 0.3 is 0 Å². The van der Waals surface area contributed by atoms with Gasteiger partial charge in [-0.3, -0.25) is 0 Å². The zero-order valence-electron chi connectivity index (χ0n) is 8.83. The lowest BCUT2D eigenvalue weighted by atomic mass is 10.2. The average molecular weight is 195 g/mol. The van der Waals surface area contributed by atoms with E-state index in [1.165, 1.54) is 0 Å². The number of hydrogen-bond acceptors (Lipinski definition) is 1. The van der Waals surface area contributed by atoms with Crippen molar-refractivity contribution in [1.82, 2.24) is 0 Å². The molecule has 0 radical (unpaired) electrons. The summed E-state index contributed by atoms with van der Waals surface area (Å²) in [6.07, 6.45) is 1.87. The highest BCUT2D eigenvalue weighted by Crippen LogP contribution is 2.03. The molecule has 0 saturated heterocycles. The zero-order valence-corrected chi connectivity index (χ0v) is 9.83. The van der Waals surface area contributed by atoms with Gasteiger partial charge in [0.15, 0.2) is 0 Å². The molecule has 0 aromatic heterocycles. The van der Waals surface area contributed by atoms with Gasteiger partial charge in [0.2, 0.25) is 0 Å². The Morgan fingerprint density at radius 3 is 2.46 bits per heavy atom. The maximum Gasteiger partial charge on any atom is 0.129 e. The minimum Gasteiger partial charge on any atom is -0.132 e. The van der Waals surface area contributed by atoms with E-state index in [2.05, 4.69) is 48.1 Å². The van der Waals surface area contributed by atoms with Crippen molar-refractivity contribution in [2.24, 2.45) is 5.11 Å². The molecule has 3 nitrogen and oxygen atoms in total. The predicted octanol–water partition coefficient (Wildman–Crippen LogP) is 3.35. The van der Waals surface area contributed by atoms with E-state index in [4.69, 9.17) is 5.53 Å². The average Bonchev–Trinajstić information content (AvgIpc) is 2.00. The molecule has 0 amide bonds. The van der Waals surface area contributed by atoms with Crippen molar-refractivity contribution in [3.63, 3.8) is 0 Å². The highest BCUT2D eigenvalue weighted by molar-refractivity contribution is 6.83. The van der Waals surface area contributed by atoms with E-state index in [-0.39, 0.29) is 6.04 Å². The van der Waals surface area contributed by atoms with Crippen LogP contribution in [0.15, 0.2) is 5.11 Å². The molecule has 0 fully saturated rings. The minimum atomic E-state index is -1.32. The molecule has 0 rings (SSSR count). The Bertz CT molecular complexity index is 250. The second-order valence-corrected chi connectivity index (χ2v) is 8.78. The summed E-state index contributed by atoms with van der Waals surface area (Å²) in [6, 6.07) is -0.123. The smallest absolute Gasteiger partial charge is 0.129 e. The highest BCUT2D eigenvalue weighted by Gasteiger charge is 2.08. The van der Waals surface area contributed by atoms with Crippen molar-refractivity contribution in [3.8, 4) is 11.5 Å². The molecule has 13 heavy (non-hydrogen) atoms. The Kier molecular flexibility index (Phi) is 5.29. The first kappa shape index (κ1) is 12.1. The summed E-state index contributed by atoms with van der Waals surface area (Å²) in [6.45, 7) is 8.60. The van der Waals surface area contributed by atoms with Crippen LogP contribution in [0, 0.1) is 11.5 Å². The molecular formula is C9H17N3Si. The van der Waals surface area contributed by atoms with Gasteiger partial charge in [-0.2, -0.15) is 0 Å². The van der Waals surface area contributed by atoms with Crippen LogP contribution < -0.4 is 0 Å². The molecule has 0 aromatic rings. The van der Waals surface area contributed by atoms with Gasteiger partial charge in [-0.1, -0.05) is 38.1 Å². The Hall–Kier alpha value is -0.913. The molecule has 0 aliphatic carbocycles. The molecule has 0 saturated carbocycles. The van der Waals surface area contributed by atoms with Gasteiger partial charge in [0, 0.05) is 4.91 Å². The van der Waals surface area contributed by atoms with E-state index >= 15 is 0 Å². The fourth-order valence-corrected chi connectivity index (χ4v) is 1.39. The minimum absolute atomic E-state index is 0.123. The first-order valence-electron chi connectivity index (χ1n) is 4.56. The zero-order chi connectivity index (χ0) is 10.3. The second-order valence-electron chi connectivity index (χ2n) is 4.03. The fourth-order valence-electron chi connectivity index (χ4n) is 0.794. The Morgan fingerprint density at radius 1 is 1.46 bits per heavy atom. The van der Waals surface area contributed by atoms with Crippen LogP contribution in [0.5, 0.6) is 0 Å². The topological polar surface area (TPSA) is 48.8 Å². The summed E-state index contributed by atoms with van der Waals surface area (Å²) in [5, 5.41) is 3.65. The molecule has 0 aliphatic rings. The van der Waals surface area contributed by atoms with Gasteiger partial charge in [-0.15, -0.1) is 11.5 Å². The van der Waals surface area contributed by atoms with Crippen LogP contribution in [0.2, 0.25) is 19.6 Å². The molecule has 0 aliphatic heterocycles. The predicted molar refractivity (Wildman–Crippen MR) is 59.0 cm³/mol. The molecule has 0 aromatic carbocycles. The van der Waals surface area contributed by atoms with Crippen molar-refractivity contribution < 1.29 is 0 Å². The second kappa shape index (κ2) is 5.68. The molecule has 1 atom stereocenters. The van der Waals surface area contributed by atoms with E-state index < -0.39 is 8.07 Å². The normalized spacial score (nSPS) is 12.3. The van der Waals surface area contributed by atoms with E-state index in [9.17, 15) is 0 Å². The standard InChI is InChI=1S/C9H17N3Si/c1-5-6-9(11-12-10)7-8-13(2,3)4/h9H,5-6H2,1-4H3. The van der Waals surface area contributed by atoms with Gasteiger partial charge in [0.1, 0.15) is 8.07 Å². The number of rotatable bonds is 3. The van der Waals surface area contributed by atoms with Crippen molar-refractivity contribution in [3.05, 3.63) is 10.4 Å². The van der Waals surface area contributed by atoms with Crippen molar-refractivity contribution in [2.45, 2.75) is 45.4 Å². The van der Waals surface area contributed by atoms with E-state index in [1.807, 2.05) is 0 Å². The Morgan fingerprint density at radius 2 is 2.08 bits per heavy atom. The molecular weight excluding hydrogens is 178 g/mol. The Labute approximate surface area is 81.2 Å². The quantitative estimate of drug-likeness (QED) is 0.218. The first-order valence-corrected chi connectivity index (χ1v) is 8.06. The van der Waals surface area contributed by atoms with Crippen LogP contribution in [-0.2, 0) is 0 Å². The molecule has 0 N–H and O–H groups in total. The summed E-state index contributed by atoms with van der Waals surface area (Å²) in [4.78, 5) is 2.79. The third kappa shape index (κ3) is 7.45. The van der Waals surface area contributed by atoms with E-state index in [0.717, 1.165) is 12.8 Å². The third-order valence-corrected chi connectivity index (χ3v) is 2.26. The molecule has 1 unspecified atom stereocenters. The molecule has 0 bridgehead atoms. The number of nitrogens with zero attached hydrogens (tertiary/aromatic N) is 3. The van der Waals surface area contributed by atoms with E-state index in [1.54, 1.807) is 0 Å². The van der Waals surface area contributed by atoms with Gasteiger partial charge < -0.3 is 0 Å². The largest absolute Gasteiger partial charge is 0.132 e. The summed E-state index contributed by atoms with van der Waals surface area (Å²) >= 11 is 0. The van der Waals surface area contributed by atoms with E-state index in [0.29, 0.717) is 0 Å². The molecule has 4 heteroatoms. The lowest BCUT2D eigenvalue weighted by Crippen LogP contribution is -2.17. The fraction of sp³-hybridized carbons (Fsp3) is 0.778. The molecule has 72 valence electrons. The van der Waals surface area contributed by atoms with Gasteiger partial charge in [0.05, 0.1) is 6.04 Å². The van der Waals surface area contributed by atoms with Crippen molar-refractivity contribution in [2.75, 3.05) is 0 Å². The SMILES string of the molecule is CCCC(C#C[Si](C)(C)C)N=[N+]=[N-]. The maximum absolute atomic E-state index is 8.29. The van der Waals surface area contributed by atoms with Gasteiger partial charge in [0.25, 0.3) is 0 Å². The lowest BCUT2D eigenvalue weighted by Gasteiger charge is -2.05. The summed E-state index contributed by atoms with van der Waals surface area (Å²) < 4.78 is 0. The van der Waals surface area contributed by atoms with Crippen LogP contribution in [0.25, 0.3) is 10.4 Å². The van der Waals surface area contributed by atoms with Crippen molar-refractivity contribution >= 4 is 8.07 Å². The van der Waals surface area contributed by atoms with Crippen LogP contribution in [0.3, 0.4) is 0 Å². The van der Waals surface area contributed by atoms with Crippen molar-refractivity contribution in [1.29, 1.82) is 0 Å². The summed E-state index contributed by atoms with van der Waals surface area (Å²) in [5.74, 6) is 3.05. The number of azide groups is 1. The third-order valence-electron chi connectivity index (χ3n) is 1.37. The molecule has 0 spiro atoms. The van der Waals surface area contributed by atoms with Crippen LogP contribution >= 0.6 is 0 Å². The summed E-state index contributed by atoms with van der Waals surface area (Å²) in [5.41, 5.74) is 11.5.